The molecule has 0 aliphatic heterocycles. The molecule has 0 aromatic heterocycles. The molecule has 76 valence electrons. The monoisotopic (exact) mass is 193 g/mol. The first-order valence-corrected chi connectivity index (χ1v) is 4.43. The molecule has 0 fully saturated rings. The van der Waals surface area contributed by atoms with E-state index < -0.39 is 6.09 Å². The van der Waals surface area contributed by atoms with Crippen LogP contribution >= 0.6 is 0 Å². The summed E-state index contributed by atoms with van der Waals surface area (Å²) in [4.78, 5) is 10.1. The van der Waals surface area contributed by atoms with Crippen molar-refractivity contribution in [3.8, 4) is 0 Å². The molecule has 0 unspecified atom stereocenters. The summed E-state index contributed by atoms with van der Waals surface area (Å²) in [5.74, 6) is 0. The van der Waals surface area contributed by atoms with Crippen LogP contribution in [0.2, 0.25) is 0 Å². The number of nitrogens with one attached hydrogen (secondary N) is 1. The summed E-state index contributed by atoms with van der Waals surface area (Å²) in [5.41, 5.74) is 6.80. The minimum Gasteiger partial charge on any atom is -0.530 e. The third-order valence-electron chi connectivity index (χ3n) is 1.85. The number of nitrogens with two attached hydrogens (primary N) is 1. The van der Waals surface area contributed by atoms with Gasteiger partial charge in [0.25, 0.3) is 0 Å². The second-order valence-corrected chi connectivity index (χ2v) is 3.12. The molecule has 4 nitrogen and oxygen atoms in total. The zero-order valence-electron chi connectivity index (χ0n) is 7.77. The molecule has 0 saturated heterocycles. The van der Waals surface area contributed by atoms with Gasteiger partial charge in [-0.1, -0.05) is 30.3 Å². The maximum atomic E-state index is 10.1. The van der Waals surface area contributed by atoms with E-state index in [1.54, 1.807) is 0 Å². The van der Waals surface area contributed by atoms with E-state index in [0.29, 0.717) is 6.42 Å². The smallest absolute Gasteiger partial charge is 0.134 e. The number of carboxylic acid groups (broad SMARTS) is 1. The maximum absolute atomic E-state index is 10.1. The molecule has 0 heterocycles. The van der Waals surface area contributed by atoms with E-state index in [1.807, 2.05) is 30.3 Å². The van der Waals surface area contributed by atoms with Crippen molar-refractivity contribution in [2.75, 3.05) is 6.54 Å². The van der Waals surface area contributed by atoms with Gasteiger partial charge in [-0.25, -0.2) is 0 Å². The topological polar surface area (TPSA) is 78.2 Å². The van der Waals surface area contributed by atoms with Crippen molar-refractivity contribution in [1.29, 1.82) is 0 Å². The summed E-state index contributed by atoms with van der Waals surface area (Å²) in [5, 5.41) is 12.2. The Kier molecular flexibility index (Phi) is 3.94. The largest absolute Gasteiger partial charge is 0.530 e. The average molecular weight is 193 g/mol. The molecular formula is C10H13N2O2-. The van der Waals surface area contributed by atoms with Crippen molar-refractivity contribution in [1.82, 2.24) is 5.32 Å². The molecule has 0 bridgehead atoms. The fourth-order valence-electron chi connectivity index (χ4n) is 1.20. The van der Waals surface area contributed by atoms with Crippen LogP contribution in [0.15, 0.2) is 30.3 Å². The van der Waals surface area contributed by atoms with E-state index in [1.165, 1.54) is 0 Å². The van der Waals surface area contributed by atoms with Gasteiger partial charge in [0.15, 0.2) is 0 Å². The highest BCUT2D eigenvalue weighted by molar-refractivity contribution is 5.61. The number of amides is 1. The molecule has 0 aliphatic carbocycles. The fraction of sp³-hybridized carbons (Fsp3) is 0.300. The van der Waals surface area contributed by atoms with Crippen molar-refractivity contribution >= 4 is 6.09 Å². The highest BCUT2D eigenvalue weighted by atomic mass is 16.4. The SMILES string of the molecule is N[C@@H](CNC(=O)[O-])Cc1ccccc1. The van der Waals surface area contributed by atoms with Crippen LogP contribution < -0.4 is 16.2 Å². The lowest BCUT2D eigenvalue weighted by Crippen LogP contribution is -2.44. The van der Waals surface area contributed by atoms with Crippen molar-refractivity contribution in [2.45, 2.75) is 12.5 Å². The molecule has 0 radical (unpaired) electrons. The Balaban J connectivity index is 2.34. The van der Waals surface area contributed by atoms with Gasteiger partial charge >= 0.3 is 0 Å². The molecule has 1 rings (SSSR count). The van der Waals surface area contributed by atoms with E-state index in [4.69, 9.17) is 5.73 Å². The first kappa shape index (κ1) is 10.5. The van der Waals surface area contributed by atoms with Gasteiger partial charge in [-0.2, -0.15) is 0 Å². The lowest BCUT2D eigenvalue weighted by molar-refractivity contribution is -0.250. The van der Waals surface area contributed by atoms with Gasteiger partial charge in [-0.15, -0.1) is 0 Å². The Labute approximate surface area is 82.7 Å². The Hall–Kier alpha value is -1.55. The molecular weight excluding hydrogens is 180 g/mol. The molecule has 4 heteroatoms. The molecule has 1 aromatic carbocycles. The number of carbonyl (C=O) groups excluding carboxylic acids is 1. The standard InChI is InChI=1S/C10H14N2O2/c11-9(7-12-10(13)14)6-8-4-2-1-3-5-8/h1-5,9,12H,6-7,11H2,(H,13,14)/p-1/t9-/m1/s1. The number of hydrogen-bond acceptors (Lipinski definition) is 3. The summed E-state index contributed by atoms with van der Waals surface area (Å²) in [6.45, 7) is 0.219. The highest BCUT2D eigenvalue weighted by Gasteiger charge is 2.02. The quantitative estimate of drug-likeness (QED) is 0.676. The summed E-state index contributed by atoms with van der Waals surface area (Å²) in [7, 11) is 0. The number of hydrogen-bond donors (Lipinski definition) is 2. The van der Waals surface area contributed by atoms with Crippen molar-refractivity contribution in [2.24, 2.45) is 5.73 Å². The van der Waals surface area contributed by atoms with Crippen LogP contribution in [0.25, 0.3) is 0 Å². The predicted octanol–water partition coefficient (Wildman–Crippen LogP) is -0.511. The van der Waals surface area contributed by atoms with E-state index in [9.17, 15) is 9.90 Å². The molecule has 14 heavy (non-hydrogen) atoms. The van der Waals surface area contributed by atoms with Crippen LogP contribution in [0.4, 0.5) is 4.79 Å². The summed E-state index contributed by atoms with van der Waals surface area (Å²) >= 11 is 0. The van der Waals surface area contributed by atoms with Crippen LogP contribution in [0.1, 0.15) is 5.56 Å². The summed E-state index contributed by atoms with van der Waals surface area (Å²) in [6, 6.07) is 9.48. The van der Waals surface area contributed by atoms with Gasteiger partial charge in [-0.05, 0) is 12.0 Å². The van der Waals surface area contributed by atoms with Crippen molar-refractivity contribution in [3.05, 3.63) is 35.9 Å². The Morgan fingerprint density at radius 3 is 2.64 bits per heavy atom. The van der Waals surface area contributed by atoms with Gasteiger partial charge in [-0.3, -0.25) is 0 Å². The van der Waals surface area contributed by atoms with Crippen molar-refractivity contribution < 1.29 is 9.90 Å². The van der Waals surface area contributed by atoms with Gasteiger partial charge < -0.3 is 21.0 Å². The zero-order valence-corrected chi connectivity index (χ0v) is 7.77. The third kappa shape index (κ3) is 3.91. The Morgan fingerprint density at radius 2 is 2.07 bits per heavy atom. The van der Waals surface area contributed by atoms with Crippen LogP contribution in [0.5, 0.6) is 0 Å². The lowest BCUT2D eigenvalue weighted by atomic mass is 10.1. The number of rotatable bonds is 4. The highest BCUT2D eigenvalue weighted by Crippen LogP contribution is 2.00. The van der Waals surface area contributed by atoms with E-state index in [2.05, 4.69) is 5.32 Å². The summed E-state index contributed by atoms with van der Waals surface area (Å²) in [6.07, 6.45) is -0.630. The van der Waals surface area contributed by atoms with E-state index >= 15 is 0 Å². The molecule has 1 amide bonds. The van der Waals surface area contributed by atoms with E-state index in [0.717, 1.165) is 5.56 Å². The maximum Gasteiger partial charge on any atom is 0.134 e. The van der Waals surface area contributed by atoms with Crippen molar-refractivity contribution in [3.63, 3.8) is 0 Å². The number of benzene rings is 1. The second kappa shape index (κ2) is 5.24. The molecule has 1 atom stereocenters. The van der Waals surface area contributed by atoms with Gasteiger partial charge in [0, 0.05) is 12.6 Å². The molecule has 0 saturated carbocycles. The van der Waals surface area contributed by atoms with E-state index in [-0.39, 0.29) is 12.6 Å². The van der Waals surface area contributed by atoms with Crippen LogP contribution in [0, 0.1) is 0 Å². The van der Waals surface area contributed by atoms with Gasteiger partial charge in [0.2, 0.25) is 0 Å². The summed E-state index contributed by atoms with van der Waals surface area (Å²) < 4.78 is 0. The average Bonchev–Trinajstić information content (AvgIpc) is 2.16. The first-order valence-electron chi connectivity index (χ1n) is 4.43. The molecule has 1 aromatic rings. The zero-order chi connectivity index (χ0) is 10.4. The lowest BCUT2D eigenvalue weighted by Gasteiger charge is -2.13. The normalized spacial score (nSPS) is 12.1. The minimum atomic E-state index is -1.28. The number of carbonyl (C=O) groups is 1. The Bertz CT molecular complexity index is 287. The minimum absolute atomic E-state index is 0.213. The third-order valence-corrected chi connectivity index (χ3v) is 1.85. The molecule has 0 spiro atoms. The van der Waals surface area contributed by atoms with Crippen LogP contribution in [0.3, 0.4) is 0 Å². The first-order chi connectivity index (χ1) is 6.68. The fourth-order valence-corrected chi connectivity index (χ4v) is 1.20. The van der Waals surface area contributed by atoms with Crippen LogP contribution in [-0.4, -0.2) is 18.7 Å². The van der Waals surface area contributed by atoms with Gasteiger partial charge in [0.1, 0.15) is 6.09 Å². The molecule has 0 aliphatic rings. The second-order valence-electron chi connectivity index (χ2n) is 3.12. The molecule has 3 N–H and O–H groups in total. The Morgan fingerprint density at radius 1 is 1.43 bits per heavy atom. The predicted molar refractivity (Wildman–Crippen MR) is 51.5 cm³/mol. The van der Waals surface area contributed by atoms with Gasteiger partial charge in [0.05, 0.1) is 0 Å². The van der Waals surface area contributed by atoms with Crippen LogP contribution in [-0.2, 0) is 6.42 Å².